The molecule has 2 N–H and O–H groups in total. The first-order chi connectivity index (χ1) is 8.06. The molecule has 1 atom stereocenters. The minimum atomic E-state index is 0.106. The van der Waals surface area contributed by atoms with Crippen molar-refractivity contribution in [3.8, 4) is 0 Å². The highest BCUT2D eigenvalue weighted by molar-refractivity contribution is 5.31. The first kappa shape index (κ1) is 11.9. The predicted molar refractivity (Wildman–Crippen MR) is 72.1 cm³/mol. The number of hydrogen-bond donors (Lipinski definition) is 1. The summed E-state index contributed by atoms with van der Waals surface area (Å²) in [5.74, 6) is 0. The zero-order valence-corrected chi connectivity index (χ0v) is 10.8. The third kappa shape index (κ3) is 2.77. The lowest BCUT2D eigenvalue weighted by atomic mass is 10.1. The molecule has 2 heteroatoms. The number of hydrogen-bond acceptors (Lipinski definition) is 1. The Labute approximate surface area is 103 Å². The molecule has 0 saturated carbocycles. The molecule has 0 fully saturated rings. The van der Waals surface area contributed by atoms with Gasteiger partial charge in [-0.05, 0) is 43.5 Å². The second kappa shape index (κ2) is 4.76. The minimum absolute atomic E-state index is 0.106. The average Bonchev–Trinajstić information content (AvgIpc) is 2.72. The van der Waals surface area contributed by atoms with E-state index in [2.05, 4.69) is 55.1 Å². The van der Waals surface area contributed by atoms with Crippen LogP contribution in [-0.2, 0) is 6.54 Å². The molecule has 1 heterocycles. The maximum Gasteiger partial charge on any atom is 0.0473 e. The van der Waals surface area contributed by atoms with E-state index in [1.165, 1.54) is 22.3 Å². The predicted octanol–water partition coefficient (Wildman–Crippen LogP) is 3.17. The number of benzene rings is 1. The Morgan fingerprint density at radius 3 is 2.65 bits per heavy atom. The van der Waals surface area contributed by atoms with Gasteiger partial charge in [0.2, 0.25) is 0 Å². The summed E-state index contributed by atoms with van der Waals surface area (Å²) in [6.07, 6.45) is 4.23. The second-order valence-electron chi connectivity index (χ2n) is 4.84. The molecular weight excluding hydrogens is 208 g/mol. The Balaban J connectivity index is 2.22. The van der Waals surface area contributed by atoms with Crippen molar-refractivity contribution in [1.82, 2.24) is 4.57 Å². The number of rotatable bonds is 3. The zero-order chi connectivity index (χ0) is 12.4. The van der Waals surface area contributed by atoms with Crippen LogP contribution < -0.4 is 5.73 Å². The first-order valence-electron chi connectivity index (χ1n) is 6.03. The normalized spacial score (nSPS) is 12.7. The fraction of sp³-hybridized carbons (Fsp3) is 0.333. The van der Waals surface area contributed by atoms with Crippen molar-refractivity contribution in [2.75, 3.05) is 0 Å². The summed E-state index contributed by atoms with van der Waals surface area (Å²) in [6.45, 7) is 7.22. The molecule has 1 aromatic heterocycles. The van der Waals surface area contributed by atoms with E-state index in [4.69, 9.17) is 5.73 Å². The molecule has 0 aliphatic heterocycles. The molecule has 0 bridgehead atoms. The largest absolute Gasteiger partial charge is 0.350 e. The van der Waals surface area contributed by atoms with Gasteiger partial charge in [0.25, 0.3) is 0 Å². The van der Waals surface area contributed by atoms with Crippen molar-refractivity contribution >= 4 is 0 Å². The molecule has 17 heavy (non-hydrogen) atoms. The quantitative estimate of drug-likeness (QED) is 0.859. The van der Waals surface area contributed by atoms with Crippen molar-refractivity contribution in [2.45, 2.75) is 33.4 Å². The van der Waals surface area contributed by atoms with Crippen LogP contribution in [0.25, 0.3) is 0 Å². The van der Waals surface area contributed by atoms with Crippen molar-refractivity contribution in [2.24, 2.45) is 5.73 Å². The average molecular weight is 228 g/mol. The van der Waals surface area contributed by atoms with Gasteiger partial charge in [-0.25, -0.2) is 0 Å². The lowest BCUT2D eigenvalue weighted by molar-refractivity contribution is 0.774. The van der Waals surface area contributed by atoms with Crippen LogP contribution in [-0.4, -0.2) is 4.57 Å². The number of nitrogens with two attached hydrogens (primary N) is 1. The molecule has 1 aromatic carbocycles. The van der Waals surface area contributed by atoms with Gasteiger partial charge < -0.3 is 10.3 Å². The SMILES string of the molecule is Cc1ccc(C)c(Cn2ccc(C(C)N)c2)c1. The van der Waals surface area contributed by atoms with Gasteiger partial charge >= 0.3 is 0 Å². The Hall–Kier alpha value is -1.54. The molecule has 0 aliphatic rings. The smallest absolute Gasteiger partial charge is 0.0473 e. The molecule has 0 aliphatic carbocycles. The standard InChI is InChI=1S/C15H20N2/c1-11-4-5-12(2)15(8-11)10-17-7-6-14(9-17)13(3)16/h4-9,13H,10,16H2,1-3H3. The van der Waals surface area contributed by atoms with E-state index in [1.54, 1.807) is 0 Å². The Kier molecular flexibility index (Phi) is 3.34. The summed E-state index contributed by atoms with van der Waals surface area (Å²) in [5, 5.41) is 0. The van der Waals surface area contributed by atoms with E-state index < -0.39 is 0 Å². The lowest BCUT2D eigenvalue weighted by Gasteiger charge is -2.08. The van der Waals surface area contributed by atoms with Crippen LogP contribution in [0.2, 0.25) is 0 Å². The van der Waals surface area contributed by atoms with Crippen LogP contribution in [0, 0.1) is 13.8 Å². The summed E-state index contributed by atoms with van der Waals surface area (Å²) < 4.78 is 2.19. The molecule has 2 aromatic rings. The van der Waals surface area contributed by atoms with Gasteiger partial charge in [0.05, 0.1) is 0 Å². The highest BCUT2D eigenvalue weighted by atomic mass is 14.9. The zero-order valence-electron chi connectivity index (χ0n) is 10.8. The highest BCUT2D eigenvalue weighted by Crippen LogP contribution is 2.15. The summed E-state index contributed by atoms with van der Waals surface area (Å²) in [5.41, 5.74) is 11.1. The third-order valence-electron chi connectivity index (χ3n) is 3.16. The Bertz CT molecular complexity index is 509. The summed E-state index contributed by atoms with van der Waals surface area (Å²) in [6, 6.07) is 8.79. The summed E-state index contributed by atoms with van der Waals surface area (Å²) in [7, 11) is 0. The number of aromatic nitrogens is 1. The fourth-order valence-electron chi connectivity index (χ4n) is 1.99. The van der Waals surface area contributed by atoms with Crippen LogP contribution in [0.5, 0.6) is 0 Å². The van der Waals surface area contributed by atoms with Crippen molar-refractivity contribution < 1.29 is 0 Å². The van der Waals surface area contributed by atoms with Gasteiger partial charge in [-0.15, -0.1) is 0 Å². The van der Waals surface area contributed by atoms with Gasteiger partial charge in [-0.2, -0.15) is 0 Å². The van der Waals surface area contributed by atoms with Gasteiger partial charge in [0.1, 0.15) is 0 Å². The summed E-state index contributed by atoms with van der Waals surface area (Å²) >= 11 is 0. The topological polar surface area (TPSA) is 30.9 Å². The summed E-state index contributed by atoms with van der Waals surface area (Å²) in [4.78, 5) is 0. The molecule has 0 saturated heterocycles. The van der Waals surface area contributed by atoms with E-state index in [9.17, 15) is 0 Å². The fourth-order valence-corrected chi connectivity index (χ4v) is 1.99. The van der Waals surface area contributed by atoms with E-state index in [0.717, 1.165) is 6.54 Å². The van der Waals surface area contributed by atoms with Gasteiger partial charge in [0.15, 0.2) is 0 Å². The second-order valence-corrected chi connectivity index (χ2v) is 4.84. The molecule has 1 unspecified atom stereocenters. The maximum atomic E-state index is 5.86. The molecule has 2 nitrogen and oxygen atoms in total. The van der Waals surface area contributed by atoms with E-state index >= 15 is 0 Å². The van der Waals surface area contributed by atoms with Crippen LogP contribution in [0.15, 0.2) is 36.7 Å². The third-order valence-corrected chi connectivity index (χ3v) is 3.16. The monoisotopic (exact) mass is 228 g/mol. The number of aryl methyl sites for hydroxylation is 2. The van der Waals surface area contributed by atoms with Crippen LogP contribution in [0.4, 0.5) is 0 Å². The lowest BCUT2D eigenvalue weighted by Crippen LogP contribution is -2.04. The van der Waals surface area contributed by atoms with E-state index in [0.29, 0.717) is 0 Å². The highest BCUT2D eigenvalue weighted by Gasteiger charge is 2.03. The van der Waals surface area contributed by atoms with Crippen molar-refractivity contribution in [3.63, 3.8) is 0 Å². The molecule has 0 amide bonds. The maximum absolute atomic E-state index is 5.86. The van der Waals surface area contributed by atoms with E-state index in [-0.39, 0.29) is 6.04 Å². The molecule has 90 valence electrons. The van der Waals surface area contributed by atoms with E-state index in [1.807, 2.05) is 6.92 Å². The molecule has 0 spiro atoms. The molecular formula is C15H20N2. The van der Waals surface area contributed by atoms with Crippen molar-refractivity contribution in [1.29, 1.82) is 0 Å². The Morgan fingerprint density at radius 2 is 2.00 bits per heavy atom. The first-order valence-corrected chi connectivity index (χ1v) is 6.03. The Morgan fingerprint density at radius 1 is 1.24 bits per heavy atom. The number of nitrogens with zero attached hydrogens (tertiary/aromatic N) is 1. The van der Waals surface area contributed by atoms with Gasteiger partial charge in [0, 0.05) is 25.0 Å². The van der Waals surface area contributed by atoms with Crippen molar-refractivity contribution in [3.05, 3.63) is 58.9 Å². The van der Waals surface area contributed by atoms with Gasteiger partial charge in [-0.3, -0.25) is 0 Å². The van der Waals surface area contributed by atoms with Crippen LogP contribution >= 0.6 is 0 Å². The molecule has 0 radical (unpaired) electrons. The van der Waals surface area contributed by atoms with Crippen LogP contribution in [0.1, 0.15) is 35.2 Å². The van der Waals surface area contributed by atoms with Crippen LogP contribution in [0.3, 0.4) is 0 Å². The minimum Gasteiger partial charge on any atom is -0.350 e. The molecule has 2 rings (SSSR count). The van der Waals surface area contributed by atoms with Gasteiger partial charge in [-0.1, -0.05) is 23.8 Å².